The SMILES string of the molecule is CCCCCCCCCCCCCCCC(=O)OC(COC(=O)CCCCCCCCCC)COC(OCC[N+](C)(C)C)C(=O)O. The number of carboxylic acids is 1. The van der Waals surface area contributed by atoms with E-state index >= 15 is 0 Å². The molecule has 0 heterocycles. The maximum atomic E-state index is 12.6. The summed E-state index contributed by atoms with van der Waals surface area (Å²) in [5.41, 5.74) is 0. The van der Waals surface area contributed by atoms with Crippen molar-refractivity contribution in [2.24, 2.45) is 0 Å². The molecule has 0 bridgehead atoms. The Labute approximate surface area is 282 Å². The van der Waals surface area contributed by atoms with Crippen LogP contribution < -0.4 is 0 Å². The van der Waals surface area contributed by atoms with Crippen LogP contribution in [0.3, 0.4) is 0 Å². The van der Waals surface area contributed by atoms with Gasteiger partial charge in [0, 0.05) is 12.8 Å². The lowest BCUT2D eigenvalue weighted by Gasteiger charge is -2.25. The predicted octanol–water partition coefficient (Wildman–Crippen LogP) is 8.60. The van der Waals surface area contributed by atoms with Gasteiger partial charge in [-0.25, -0.2) is 4.79 Å². The first-order valence-corrected chi connectivity index (χ1v) is 18.7. The molecule has 2 unspecified atom stereocenters. The van der Waals surface area contributed by atoms with Gasteiger partial charge >= 0.3 is 17.9 Å². The lowest BCUT2D eigenvalue weighted by molar-refractivity contribution is -0.870. The summed E-state index contributed by atoms with van der Waals surface area (Å²) < 4.78 is 22.6. The summed E-state index contributed by atoms with van der Waals surface area (Å²) in [6, 6.07) is 0. The number of quaternary nitrogens is 1. The predicted molar refractivity (Wildman–Crippen MR) is 185 cm³/mol. The number of carbonyl (C=O) groups excluding carboxylic acids is 2. The smallest absolute Gasteiger partial charge is 0.361 e. The van der Waals surface area contributed by atoms with Crippen molar-refractivity contribution in [2.45, 2.75) is 174 Å². The molecule has 0 aromatic heterocycles. The number of carbonyl (C=O) groups is 3. The monoisotopic (exact) mass is 659 g/mol. The van der Waals surface area contributed by atoms with Crippen molar-refractivity contribution in [3.63, 3.8) is 0 Å². The van der Waals surface area contributed by atoms with Crippen molar-refractivity contribution in [2.75, 3.05) is 47.5 Å². The number of rotatable bonds is 34. The van der Waals surface area contributed by atoms with E-state index in [-0.39, 0.29) is 32.2 Å². The highest BCUT2D eigenvalue weighted by molar-refractivity contribution is 5.71. The van der Waals surface area contributed by atoms with Crippen LogP contribution in [0, 0.1) is 0 Å². The molecule has 0 rings (SSSR count). The number of hydrogen-bond acceptors (Lipinski definition) is 7. The Kier molecular flexibility index (Phi) is 29.5. The number of carboxylic acid groups (broad SMARTS) is 1. The van der Waals surface area contributed by atoms with Crippen LogP contribution in [0.2, 0.25) is 0 Å². The van der Waals surface area contributed by atoms with Gasteiger partial charge in [0.1, 0.15) is 13.2 Å². The average Bonchev–Trinajstić information content (AvgIpc) is 3.00. The van der Waals surface area contributed by atoms with E-state index in [0.717, 1.165) is 38.5 Å². The number of likely N-dealkylation sites (N-methyl/N-ethyl adjacent to an activating group) is 1. The van der Waals surface area contributed by atoms with E-state index in [1.165, 1.54) is 96.3 Å². The summed E-state index contributed by atoms with van der Waals surface area (Å²) >= 11 is 0. The van der Waals surface area contributed by atoms with Gasteiger partial charge in [0.05, 0.1) is 34.4 Å². The van der Waals surface area contributed by atoms with Crippen LogP contribution in [0.1, 0.15) is 162 Å². The molecule has 9 heteroatoms. The maximum absolute atomic E-state index is 12.6. The van der Waals surface area contributed by atoms with Gasteiger partial charge in [-0.1, -0.05) is 136 Å². The zero-order valence-electron chi connectivity index (χ0n) is 30.5. The molecular formula is C37H72NO8+. The Balaban J connectivity index is 4.52. The van der Waals surface area contributed by atoms with Crippen molar-refractivity contribution in [1.82, 2.24) is 0 Å². The van der Waals surface area contributed by atoms with Gasteiger partial charge in [0.15, 0.2) is 6.10 Å². The lowest BCUT2D eigenvalue weighted by atomic mass is 10.0. The summed E-state index contributed by atoms with van der Waals surface area (Å²) in [6.45, 7) is 4.83. The minimum absolute atomic E-state index is 0.175. The Bertz CT molecular complexity index is 739. The number of esters is 2. The second-order valence-corrected chi connectivity index (χ2v) is 13.9. The largest absolute Gasteiger partial charge is 0.477 e. The first kappa shape index (κ1) is 44.3. The number of hydrogen-bond donors (Lipinski definition) is 1. The zero-order valence-corrected chi connectivity index (χ0v) is 30.5. The molecule has 0 spiro atoms. The van der Waals surface area contributed by atoms with Crippen LogP contribution in [0.4, 0.5) is 0 Å². The number of nitrogens with zero attached hydrogens (tertiary/aromatic N) is 1. The van der Waals surface area contributed by atoms with Crippen LogP contribution in [-0.2, 0) is 33.3 Å². The molecule has 0 radical (unpaired) electrons. The second kappa shape index (κ2) is 30.6. The number of ether oxygens (including phenoxy) is 4. The molecule has 0 aromatic carbocycles. The molecule has 272 valence electrons. The van der Waals surface area contributed by atoms with E-state index in [4.69, 9.17) is 18.9 Å². The minimum atomic E-state index is -1.50. The van der Waals surface area contributed by atoms with E-state index in [0.29, 0.717) is 17.4 Å². The average molecular weight is 659 g/mol. The normalized spacial score (nSPS) is 13.0. The third-order valence-electron chi connectivity index (χ3n) is 8.11. The van der Waals surface area contributed by atoms with E-state index in [1.54, 1.807) is 0 Å². The molecule has 2 atom stereocenters. The number of unbranched alkanes of at least 4 members (excludes halogenated alkanes) is 19. The Morgan fingerprint density at radius 2 is 0.978 bits per heavy atom. The van der Waals surface area contributed by atoms with Gasteiger partial charge in [0.2, 0.25) is 0 Å². The third-order valence-corrected chi connectivity index (χ3v) is 8.11. The first-order valence-electron chi connectivity index (χ1n) is 18.7. The van der Waals surface area contributed by atoms with Crippen molar-refractivity contribution < 1.29 is 42.9 Å². The highest BCUT2D eigenvalue weighted by Gasteiger charge is 2.25. The Hall–Kier alpha value is -1.71. The van der Waals surface area contributed by atoms with Crippen molar-refractivity contribution in [1.29, 1.82) is 0 Å². The Morgan fingerprint density at radius 3 is 1.39 bits per heavy atom. The standard InChI is InChI=1S/C37H71NO8/c1-6-8-10-12-14-16-17-18-19-20-22-24-26-28-35(40)46-33(32-45-37(36(41)42)43-30-29-38(3,4)5)31-44-34(39)27-25-23-21-15-13-11-9-7-2/h33,37H,6-32H2,1-5H3/p+1. The van der Waals surface area contributed by atoms with Gasteiger partial charge in [-0.2, -0.15) is 0 Å². The Morgan fingerprint density at radius 1 is 0.565 bits per heavy atom. The number of aliphatic carboxylic acids is 1. The lowest BCUT2D eigenvalue weighted by Crippen LogP contribution is -2.40. The molecule has 0 saturated carbocycles. The maximum Gasteiger partial charge on any atom is 0.361 e. The highest BCUT2D eigenvalue weighted by atomic mass is 16.7. The van der Waals surface area contributed by atoms with Gasteiger partial charge < -0.3 is 28.5 Å². The van der Waals surface area contributed by atoms with Gasteiger partial charge in [-0.15, -0.1) is 0 Å². The molecule has 0 aliphatic rings. The zero-order chi connectivity index (χ0) is 34.3. The molecule has 9 nitrogen and oxygen atoms in total. The van der Waals surface area contributed by atoms with Crippen molar-refractivity contribution in [3.8, 4) is 0 Å². The van der Waals surface area contributed by atoms with Crippen LogP contribution in [-0.4, -0.2) is 87.4 Å². The van der Waals surface area contributed by atoms with Crippen molar-refractivity contribution >= 4 is 17.9 Å². The molecule has 0 aliphatic heterocycles. The van der Waals surface area contributed by atoms with Crippen LogP contribution in [0.25, 0.3) is 0 Å². The fourth-order valence-corrected chi connectivity index (χ4v) is 5.13. The topological polar surface area (TPSA) is 108 Å². The third kappa shape index (κ3) is 30.9. The minimum Gasteiger partial charge on any atom is -0.477 e. The van der Waals surface area contributed by atoms with Gasteiger partial charge in [-0.05, 0) is 12.8 Å². The van der Waals surface area contributed by atoms with E-state index < -0.39 is 24.3 Å². The van der Waals surface area contributed by atoms with Gasteiger partial charge in [-0.3, -0.25) is 9.59 Å². The van der Waals surface area contributed by atoms with E-state index in [1.807, 2.05) is 21.1 Å². The molecule has 0 fully saturated rings. The molecule has 0 aliphatic carbocycles. The van der Waals surface area contributed by atoms with Gasteiger partial charge in [0.25, 0.3) is 6.29 Å². The second-order valence-electron chi connectivity index (χ2n) is 13.9. The summed E-state index contributed by atoms with van der Waals surface area (Å²) in [5.74, 6) is -2.00. The van der Waals surface area contributed by atoms with Crippen LogP contribution in [0.15, 0.2) is 0 Å². The summed E-state index contributed by atoms with van der Waals surface area (Å²) in [5, 5.41) is 9.56. The molecule has 1 N–H and O–H groups in total. The van der Waals surface area contributed by atoms with Crippen molar-refractivity contribution in [3.05, 3.63) is 0 Å². The summed E-state index contributed by atoms with van der Waals surface area (Å²) in [7, 11) is 5.94. The summed E-state index contributed by atoms with van der Waals surface area (Å²) in [4.78, 5) is 36.7. The fraction of sp³-hybridized carbons (Fsp3) is 0.919. The molecule has 0 saturated heterocycles. The highest BCUT2D eigenvalue weighted by Crippen LogP contribution is 2.14. The van der Waals surface area contributed by atoms with Crippen LogP contribution in [0.5, 0.6) is 0 Å². The molecule has 46 heavy (non-hydrogen) atoms. The first-order chi connectivity index (χ1) is 22.1. The van der Waals surface area contributed by atoms with Crippen LogP contribution >= 0.6 is 0 Å². The quantitative estimate of drug-likeness (QED) is 0.0317. The molecule has 0 amide bonds. The fourth-order valence-electron chi connectivity index (χ4n) is 5.13. The van der Waals surface area contributed by atoms with E-state index in [2.05, 4.69) is 13.8 Å². The molecular weight excluding hydrogens is 586 g/mol. The molecule has 0 aromatic rings. The van der Waals surface area contributed by atoms with E-state index in [9.17, 15) is 19.5 Å². The summed E-state index contributed by atoms with van der Waals surface area (Å²) in [6.07, 6.45) is 23.1.